The SMILES string of the molecule is C=c1cccc/c1=C(/C(C)=C/C=C\C=C\CCc1ccc(/C=C/C2=NC=CC(C)CC2)cc1)c1cccc(N=CCCCC)c1. The van der Waals surface area contributed by atoms with Gasteiger partial charge in [-0.25, -0.2) is 0 Å². The molecule has 1 heterocycles. The molecule has 3 aromatic carbocycles. The molecule has 0 N–H and O–H groups in total. The van der Waals surface area contributed by atoms with E-state index in [4.69, 9.17) is 4.99 Å². The van der Waals surface area contributed by atoms with E-state index < -0.39 is 0 Å². The van der Waals surface area contributed by atoms with Gasteiger partial charge in [-0.05, 0) is 108 Å². The first kappa shape index (κ1) is 33.3. The highest BCUT2D eigenvalue weighted by atomic mass is 14.7. The van der Waals surface area contributed by atoms with Gasteiger partial charge in [0.2, 0.25) is 0 Å². The number of aliphatic imine (C=N–C) groups is 2. The van der Waals surface area contributed by atoms with E-state index in [-0.39, 0.29) is 0 Å². The molecule has 3 aromatic rings. The summed E-state index contributed by atoms with van der Waals surface area (Å²) in [4.78, 5) is 9.28. The zero-order valence-electron chi connectivity index (χ0n) is 27.3. The van der Waals surface area contributed by atoms with Gasteiger partial charge in [0, 0.05) is 18.1 Å². The maximum absolute atomic E-state index is 4.72. The molecule has 0 aromatic heterocycles. The number of allylic oxidation sites excluding steroid dienone is 8. The third kappa shape index (κ3) is 11.1. The van der Waals surface area contributed by atoms with Crippen LogP contribution in [0.4, 0.5) is 5.69 Å². The molecule has 1 aliphatic heterocycles. The second-order valence-corrected chi connectivity index (χ2v) is 11.8. The number of unbranched alkanes of at least 4 members (excludes halogenated alkanes) is 2. The predicted octanol–water partition coefficient (Wildman–Crippen LogP) is 10.3. The molecular weight excluding hydrogens is 544 g/mol. The molecule has 0 bridgehead atoms. The summed E-state index contributed by atoms with van der Waals surface area (Å²) in [7, 11) is 0. The van der Waals surface area contributed by atoms with Gasteiger partial charge in [0.05, 0.1) is 5.69 Å². The summed E-state index contributed by atoms with van der Waals surface area (Å²) in [5.74, 6) is 0.603. The zero-order chi connectivity index (χ0) is 31.7. The van der Waals surface area contributed by atoms with Crippen molar-refractivity contribution in [2.45, 2.75) is 65.7 Å². The minimum atomic E-state index is 0.603. The number of aryl methyl sites for hydroxylation is 1. The number of rotatable bonds is 13. The predicted molar refractivity (Wildman–Crippen MR) is 199 cm³/mol. The first-order valence-corrected chi connectivity index (χ1v) is 16.5. The van der Waals surface area contributed by atoms with E-state index in [1.165, 1.54) is 28.7 Å². The van der Waals surface area contributed by atoms with E-state index in [1.807, 2.05) is 18.5 Å². The Hall–Kier alpha value is -4.56. The van der Waals surface area contributed by atoms with Crippen LogP contribution in [0.3, 0.4) is 0 Å². The highest BCUT2D eigenvalue weighted by molar-refractivity contribution is 5.98. The van der Waals surface area contributed by atoms with Crippen LogP contribution in [0.2, 0.25) is 0 Å². The summed E-state index contributed by atoms with van der Waals surface area (Å²) in [5, 5.41) is 2.17. The summed E-state index contributed by atoms with van der Waals surface area (Å²) in [6.07, 6.45) is 28.9. The molecule has 0 radical (unpaired) electrons. The molecule has 0 fully saturated rings. The molecule has 0 saturated heterocycles. The van der Waals surface area contributed by atoms with Gasteiger partial charge >= 0.3 is 0 Å². The lowest BCUT2D eigenvalue weighted by Crippen LogP contribution is -2.25. The fourth-order valence-corrected chi connectivity index (χ4v) is 5.28. The van der Waals surface area contributed by atoms with Crippen molar-refractivity contribution >= 4 is 35.8 Å². The molecule has 0 amide bonds. The molecule has 4 rings (SSSR count). The molecule has 2 nitrogen and oxygen atoms in total. The average molecular weight is 593 g/mol. The Balaban J connectivity index is 1.37. The third-order valence-corrected chi connectivity index (χ3v) is 8.01. The van der Waals surface area contributed by atoms with E-state index in [9.17, 15) is 0 Å². The van der Waals surface area contributed by atoms with Crippen molar-refractivity contribution in [3.63, 3.8) is 0 Å². The van der Waals surface area contributed by atoms with Crippen molar-refractivity contribution in [2.24, 2.45) is 15.9 Å². The zero-order valence-corrected chi connectivity index (χ0v) is 27.3. The van der Waals surface area contributed by atoms with Crippen LogP contribution >= 0.6 is 0 Å². The minimum Gasteiger partial charge on any atom is -0.262 e. The van der Waals surface area contributed by atoms with Crippen molar-refractivity contribution in [1.82, 2.24) is 0 Å². The first-order valence-electron chi connectivity index (χ1n) is 16.5. The van der Waals surface area contributed by atoms with Crippen molar-refractivity contribution in [1.29, 1.82) is 0 Å². The van der Waals surface area contributed by atoms with Crippen LogP contribution in [-0.2, 0) is 6.42 Å². The summed E-state index contributed by atoms with van der Waals surface area (Å²) < 4.78 is 0. The molecule has 2 heteroatoms. The van der Waals surface area contributed by atoms with Crippen LogP contribution < -0.4 is 10.4 Å². The van der Waals surface area contributed by atoms with E-state index in [0.717, 1.165) is 65.9 Å². The Bertz CT molecular complexity index is 1710. The highest BCUT2D eigenvalue weighted by Crippen LogP contribution is 2.24. The van der Waals surface area contributed by atoms with Crippen molar-refractivity contribution in [2.75, 3.05) is 0 Å². The Morgan fingerprint density at radius 1 is 0.956 bits per heavy atom. The van der Waals surface area contributed by atoms with Crippen molar-refractivity contribution in [3.05, 3.63) is 154 Å². The summed E-state index contributed by atoms with van der Waals surface area (Å²) in [6, 6.07) is 25.7. The molecule has 0 spiro atoms. The fraction of sp³-hybridized carbons (Fsp3) is 0.256. The Labute approximate surface area is 271 Å². The quantitative estimate of drug-likeness (QED) is 0.107. The molecule has 0 saturated carbocycles. The molecule has 230 valence electrons. The molecular formula is C43H48N2. The van der Waals surface area contributed by atoms with Gasteiger partial charge in [-0.1, -0.05) is 130 Å². The van der Waals surface area contributed by atoms with Gasteiger partial charge in [0.25, 0.3) is 0 Å². The molecule has 1 aliphatic rings. The lowest BCUT2D eigenvalue weighted by atomic mass is 9.95. The maximum Gasteiger partial charge on any atom is 0.0631 e. The third-order valence-electron chi connectivity index (χ3n) is 8.01. The minimum absolute atomic E-state index is 0.603. The number of hydrogen-bond acceptors (Lipinski definition) is 2. The van der Waals surface area contributed by atoms with Gasteiger partial charge < -0.3 is 0 Å². The van der Waals surface area contributed by atoms with Crippen molar-refractivity contribution < 1.29 is 0 Å². The smallest absolute Gasteiger partial charge is 0.0631 e. The van der Waals surface area contributed by atoms with E-state index in [2.05, 4.69) is 148 Å². The Kier molecular flexibility index (Phi) is 13.6. The number of hydrogen-bond donors (Lipinski definition) is 0. The summed E-state index contributed by atoms with van der Waals surface area (Å²) in [6.45, 7) is 10.9. The fourth-order valence-electron chi connectivity index (χ4n) is 5.28. The second-order valence-electron chi connectivity index (χ2n) is 11.8. The highest BCUT2D eigenvalue weighted by Gasteiger charge is 2.07. The van der Waals surface area contributed by atoms with Crippen molar-refractivity contribution in [3.8, 4) is 0 Å². The molecule has 1 unspecified atom stereocenters. The number of benzene rings is 3. The van der Waals surface area contributed by atoms with Crippen LogP contribution in [0.1, 0.15) is 76.0 Å². The van der Waals surface area contributed by atoms with Gasteiger partial charge in [0.1, 0.15) is 0 Å². The monoisotopic (exact) mass is 592 g/mol. The van der Waals surface area contributed by atoms with Gasteiger partial charge in [-0.15, -0.1) is 0 Å². The van der Waals surface area contributed by atoms with Crippen LogP contribution in [0.15, 0.2) is 137 Å². The molecule has 0 aliphatic carbocycles. The maximum atomic E-state index is 4.72. The number of nitrogens with zero attached hydrogens (tertiary/aromatic N) is 2. The van der Waals surface area contributed by atoms with Gasteiger partial charge in [0.15, 0.2) is 0 Å². The van der Waals surface area contributed by atoms with Crippen LogP contribution in [-0.4, -0.2) is 11.9 Å². The largest absolute Gasteiger partial charge is 0.262 e. The lowest BCUT2D eigenvalue weighted by Gasteiger charge is -2.10. The van der Waals surface area contributed by atoms with Crippen LogP contribution in [0.25, 0.3) is 18.2 Å². The van der Waals surface area contributed by atoms with Crippen LogP contribution in [0, 0.1) is 5.92 Å². The second kappa shape index (κ2) is 18.3. The Morgan fingerprint density at radius 3 is 2.62 bits per heavy atom. The van der Waals surface area contributed by atoms with E-state index >= 15 is 0 Å². The topological polar surface area (TPSA) is 24.7 Å². The van der Waals surface area contributed by atoms with E-state index in [0.29, 0.717) is 5.92 Å². The standard InChI is InChI=1S/C43H48N2/c1-5-6-14-31-44-41-20-15-19-39(33-41)43(42-21-13-12-16-35(42)3)36(4)17-10-8-7-9-11-18-37-23-25-38(26-24-37)27-29-40-28-22-34(2)30-32-45-40/h7-10,12-13,15-17,19-21,23-27,29-34H,3,5-6,11,14,18,22,28H2,1-2,4H3/b9-7+,10-8-,29-27+,36-17+,43-42+,44-31?. The normalized spacial score (nSPS) is 16.6. The first-order chi connectivity index (χ1) is 22.0. The lowest BCUT2D eigenvalue weighted by molar-refractivity contribution is 0.675. The summed E-state index contributed by atoms with van der Waals surface area (Å²) in [5.41, 5.74) is 8.23. The van der Waals surface area contributed by atoms with E-state index in [1.54, 1.807) is 0 Å². The molecule has 1 atom stereocenters. The van der Waals surface area contributed by atoms with Gasteiger partial charge in [-0.3, -0.25) is 9.98 Å². The average Bonchev–Trinajstić information content (AvgIpc) is 3.27. The molecule has 45 heavy (non-hydrogen) atoms. The summed E-state index contributed by atoms with van der Waals surface area (Å²) >= 11 is 0. The van der Waals surface area contributed by atoms with Gasteiger partial charge in [-0.2, -0.15) is 0 Å². The van der Waals surface area contributed by atoms with Crippen LogP contribution in [0.5, 0.6) is 0 Å². The Morgan fingerprint density at radius 2 is 1.80 bits per heavy atom.